The van der Waals surface area contributed by atoms with Crippen LogP contribution in [0.25, 0.3) is 11.0 Å². The second-order valence-corrected chi connectivity index (χ2v) is 6.02. The summed E-state index contributed by atoms with van der Waals surface area (Å²) in [5.41, 5.74) is 1.45. The van der Waals surface area contributed by atoms with Crippen molar-refractivity contribution in [1.29, 1.82) is 0 Å². The zero-order valence-electron chi connectivity index (χ0n) is 11.1. The first-order chi connectivity index (χ1) is 10.0. The summed E-state index contributed by atoms with van der Waals surface area (Å²) in [6.07, 6.45) is 0. The van der Waals surface area contributed by atoms with Crippen molar-refractivity contribution in [1.82, 2.24) is 4.72 Å². The van der Waals surface area contributed by atoms with E-state index >= 15 is 0 Å². The van der Waals surface area contributed by atoms with Gasteiger partial charge in [-0.1, -0.05) is 48.5 Å². The fourth-order valence-corrected chi connectivity index (χ4v) is 2.83. The summed E-state index contributed by atoms with van der Waals surface area (Å²) in [5, 5.41) is 6.03. The van der Waals surface area contributed by atoms with Gasteiger partial charge >= 0.3 is 0 Å². The number of fused-ring (bicyclic) bond motifs is 1. The molecular weight excluding hydrogens is 288 g/mol. The third kappa shape index (κ3) is 3.13. The molecular formula is C15H14N2O3S. The first kappa shape index (κ1) is 13.8. The molecule has 21 heavy (non-hydrogen) atoms. The Labute approximate surface area is 122 Å². The number of rotatable bonds is 4. The van der Waals surface area contributed by atoms with E-state index in [4.69, 9.17) is 9.56 Å². The highest BCUT2D eigenvalue weighted by Crippen LogP contribution is 2.28. The van der Waals surface area contributed by atoms with E-state index < -0.39 is 16.3 Å². The van der Waals surface area contributed by atoms with Crippen LogP contribution in [-0.2, 0) is 10.2 Å². The zero-order chi connectivity index (χ0) is 14.9. The Bertz CT molecular complexity index is 824. The fourth-order valence-electron chi connectivity index (χ4n) is 2.24. The monoisotopic (exact) mass is 302 g/mol. The SMILES string of the molecule is NS(=O)(=O)N[C@H](c1ccccc1)c1cc2ccccc2o1. The van der Waals surface area contributed by atoms with Crippen molar-refractivity contribution in [3.8, 4) is 0 Å². The molecule has 6 heteroatoms. The molecule has 0 amide bonds. The number of hydrogen-bond donors (Lipinski definition) is 2. The van der Waals surface area contributed by atoms with E-state index in [-0.39, 0.29) is 0 Å². The van der Waals surface area contributed by atoms with Gasteiger partial charge in [-0.05, 0) is 17.7 Å². The standard InChI is InChI=1S/C15H14N2O3S/c16-21(18,19)17-15(11-6-2-1-3-7-11)14-10-12-8-4-5-9-13(12)20-14/h1-10,15,17H,(H2,16,18,19)/t15-/m1/s1. The van der Waals surface area contributed by atoms with E-state index in [0.717, 1.165) is 10.9 Å². The number of hydrogen-bond acceptors (Lipinski definition) is 3. The summed E-state index contributed by atoms with van der Waals surface area (Å²) >= 11 is 0. The van der Waals surface area contributed by atoms with E-state index in [1.807, 2.05) is 60.7 Å². The van der Waals surface area contributed by atoms with E-state index in [1.54, 1.807) is 0 Å². The van der Waals surface area contributed by atoms with Crippen LogP contribution in [0.5, 0.6) is 0 Å². The molecule has 0 aliphatic rings. The average Bonchev–Trinajstić information content (AvgIpc) is 2.88. The van der Waals surface area contributed by atoms with Gasteiger partial charge in [0, 0.05) is 5.39 Å². The summed E-state index contributed by atoms with van der Waals surface area (Å²) in [5.74, 6) is 0.497. The van der Waals surface area contributed by atoms with Crippen LogP contribution in [0.3, 0.4) is 0 Å². The van der Waals surface area contributed by atoms with Gasteiger partial charge < -0.3 is 4.42 Å². The lowest BCUT2D eigenvalue weighted by atomic mass is 10.1. The molecule has 0 aliphatic heterocycles. The minimum Gasteiger partial charge on any atom is -0.459 e. The van der Waals surface area contributed by atoms with Gasteiger partial charge in [-0.2, -0.15) is 13.1 Å². The Morgan fingerprint density at radius 2 is 1.67 bits per heavy atom. The van der Waals surface area contributed by atoms with Crippen molar-refractivity contribution in [2.24, 2.45) is 5.14 Å². The Kier molecular flexibility index (Phi) is 3.50. The van der Waals surface area contributed by atoms with Gasteiger partial charge in [0.05, 0.1) is 0 Å². The first-order valence-electron chi connectivity index (χ1n) is 6.36. The molecule has 3 N–H and O–H groups in total. The molecule has 1 atom stereocenters. The number of nitrogens with two attached hydrogens (primary N) is 1. The van der Waals surface area contributed by atoms with E-state index in [9.17, 15) is 8.42 Å². The first-order valence-corrected chi connectivity index (χ1v) is 7.91. The molecule has 3 aromatic rings. The summed E-state index contributed by atoms with van der Waals surface area (Å²) in [7, 11) is -3.87. The maximum absolute atomic E-state index is 11.4. The number of nitrogens with one attached hydrogen (secondary N) is 1. The second kappa shape index (κ2) is 5.33. The molecule has 1 heterocycles. The summed E-state index contributed by atoms with van der Waals surface area (Å²) in [6, 6.07) is 17.8. The van der Waals surface area contributed by atoms with Gasteiger partial charge in [0.1, 0.15) is 17.4 Å². The maximum Gasteiger partial charge on any atom is 0.275 e. The molecule has 3 rings (SSSR count). The highest BCUT2D eigenvalue weighted by Gasteiger charge is 2.22. The Morgan fingerprint density at radius 1 is 1.00 bits per heavy atom. The molecule has 0 spiro atoms. The Hall–Kier alpha value is -2.15. The Balaban J connectivity index is 2.10. The molecule has 0 fully saturated rings. The average molecular weight is 302 g/mol. The van der Waals surface area contributed by atoms with Crippen molar-refractivity contribution < 1.29 is 12.8 Å². The third-order valence-corrected chi connectivity index (χ3v) is 3.71. The summed E-state index contributed by atoms with van der Waals surface area (Å²) in [6.45, 7) is 0. The molecule has 0 bridgehead atoms. The number of para-hydroxylation sites is 1. The van der Waals surface area contributed by atoms with Crippen molar-refractivity contribution in [2.75, 3.05) is 0 Å². The molecule has 0 aliphatic carbocycles. The molecule has 1 aromatic heterocycles. The Morgan fingerprint density at radius 3 is 2.33 bits per heavy atom. The van der Waals surface area contributed by atoms with Gasteiger partial charge in [-0.3, -0.25) is 0 Å². The van der Waals surface area contributed by atoms with Crippen LogP contribution in [0.1, 0.15) is 17.4 Å². The fraction of sp³-hybridized carbons (Fsp3) is 0.0667. The van der Waals surface area contributed by atoms with Gasteiger partial charge in [-0.15, -0.1) is 0 Å². The third-order valence-electron chi connectivity index (χ3n) is 3.14. The molecule has 2 aromatic carbocycles. The molecule has 0 saturated carbocycles. The van der Waals surface area contributed by atoms with Gasteiger partial charge in [0.25, 0.3) is 10.2 Å². The maximum atomic E-state index is 11.4. The van der Waals surface area contributed by atoms with Crippen molar-refractivity contribution in [3.05, 3.63) is 72.0 Å². The van der Waals surface area contributed by atoms with E-state index in [1.165, 1.54) is 0 Å². The van der Waals surface area contributed by atoms with Crippen LogP contribution in [0.2, 0.25) is 0 Å². The van der Waals surface area contributed by atoms with Crippen LogP contribution >= 0.6 is 0 Å². The van der Waals surface area contributed by atoms with Crippen LogP contribution in [0.4, 0.5) is 0 Å². The lowest BCUT2D eigenvalue weighted by molar-refractivity contribution is 0.498. The number of furan rings is 1. The predicted molar refractivity (Wildman–Crippen MR) is 80.7 cm³/mol. The molecule has 108 valence electrons. The summed E-state index contributed by atoms with van der Waals surface area (Å²) < 4.78 is 31.0. The normalized spacial score (nSPS) is 13.4. The van der Waals surface area contributed by atoms with Gasteiger partial charge in [0.15, 0.2) is 0 Å². The molecule has 0 unspecified atom stereocenters. The van der Waals surface area contributed by atoms with Crippen molar-refractivity contribution >= 4 is 21.2 Å². The van der Waals surface area contributed by atoms with E-state index in [2.05, 4.69) is 4.72 Å². The van der Waals surface area contributed by atoms with Crippen LogP contribution in [-0.4, -0.2) is 8.42 Å². The highest BCUT2D eigenvalue weighted by molar-refractivity contribution is 7.87. The van der Waals surface area contributed by atoms with Crippen LogP contribution in [0, 0.1) is 0 Å². The molecule has 5 nitrogen and oxygen atoms in total. The predicted octanol–water partition coefficient (Wildman–Crippen LogP) is 2.32. The minimum absolute atomic E-state index is 0.497. The number of benzene rings is 2. The van der Waals surface area contributed by atoms with E-state index in [0.29, 0.717) is 11.3 Å². The van der Waals surface area contributed by atoms with Crippen molar-refractivity contribution in [3.63, 3.8) is 0 Å². The van der Waals surface area contributed by atoms with Crippen LogP contribution < -0.4 is 9.86 Å². The largest absolute Gasteiger partial charge is 0.459 e. The topological polar surface area (TPSA) is 85.3 Å². The minimum atomic E-state index is -3.87. The lowest BCUT2D eigenvalue weighted by Crippen LogP contribution is -2.34. The van der Waals surface area contributed by atoms with Gasteiger partial charge in [0.2, 0.25) is 0 Å². The molecule has 0 radical (unpaired) electrons. The smallest absolute Gasteiger partial charge is 0.275 e. The van der Waals surface area contributed by atoms with Crippen LogP contribution in [0.15, 0.2) is 65.1 Å². The lowest BCUT2D eigenvalue weighted by Gasteiger charge is -2.15. The highest BCUT2D eigenvalue weighted by atomic mass is 32.2. The zero-order valence-corrected chi connectivity index (χ0v) is 11.9. The van der Waals surface area contributed by atoms with Crippen molar-refractivity contribution in [2.45, 2.75) is 6.04 Å². The van der Waals surface area contributed by atoms with Gasteiger partial charge in [-0.25, -0.2) is 5.14 Å². The second-order valence-electron chi connectivity index (χ2n) is 4.69. The molecule has 0 saturated heterocycles. The quantitative estimate of drug-likeness (QED) is 0.775. The summed E-state index contributed by atoms with van der Waals surface area (Å²) in [4.78, 5) is 0.